The van der Waals surface area contributed by atoms with Gasteiger partial charge in [0.15, 0.2) is 0 Å². The Kier molecular flexibility index (Phi) is 5.30. The van der Waals surface area contributed by atoms with Crippen molar-refractivity contribution < 1.29 is 8.42 Å². The van der Waals surface area contributed by atoms with Crippen LogP contribution < -0.4 is 10.5 Å². The molecule has 1 heterocycles. The van der Waals surface area contributed by atoms with Crippen LogP contribution in [0, 0.1) is 0 Å². The van der Waals surface area contributed by atoms with E-state index >= 15 is 0 Å². The minimum Gasteiger partial charge on any atom is -0.326 e. The maximum absolute atomic E-state index is 12.3. The van der Waals surface area contributed by atoms with E-state index in [1.165, 1.54) is 17.8 Å². The first-order chi connectivity index (χ1) is 9.05. The molecule has 0 bridgehead atoms. The number of nitrogens with two attached hydrogens (primary N) is 1. The number of thiophene rings is 1. The molecule has 1 aliphatic rings. The van der Waals surface area contributed by atoms with Gasteiger partial charge in [-0.25, -0.2) is 13.1 Å². The van der Waals surface area contributed by atoms with Crippen LogP contribution in [0.5, 0.6) is 0 Å². The summed E-state index contributed by atoms with van der Waals surface area (Å²) in [4.78, 5) is 0.894. The Hall–Kier alpha value is -0.0800. The van der Waals surface area contributed by atoms with Gasteiger partial charge in [0, 0.05) is 22.7 Å². The van der Waals surface area contributed by atoms with E-state index in [1.54, 1.807) is 12.1 Å². The smallest absolute Gasteiger partial charge is 0.250 e. The number of hydrogen-bond donors (Lipinski definition) is 2. The Morgan fingerprint density at radius 2 is 2.26 bits per heavy atom. The molecule has 108 valence electrons. The maximum atomic E-state index is 12.3. The Morgan fingerprint density at radius 3 is 2.89 bits per heavy atom. The third-order valence-electron chi connectivity index (χ3n) is 3.38. The topological polar surface area (TPSA) is 72.2 Å². The summed E-state index contributed by atoms with van der Waals surface area (Å²) in [5, 5.41) is 0.574. The van der Waals surface area contributed by atoms with Crippen molar-refractivity contribution in [3.63, 3.8) is 0 Å². The molecule has 0 spiro atoms. The molecule has 1 aromatic rings. The third-order valence-corrected chi connectivity index (χ3v) is 7.60. The molecule has 2 atom stereocenters. The molecule has 0 radical (unpaired) electrons. The fourth-order valence-electron chi connectivity index (χ4n) is 2.36. The Balaban J connectivity index is 2.04. The first kappa shape index (κ1) is 15.3. The van der Waals surface area contributed by atoms with Crippen molar-refractivity contribution >= 4 is 33.1 Å². The average molecular weight is 321 g/mol. The predicted octanol–water partition coefficient (Wildman–Crippen LogP) is 2.16. The van der Waals surface area contributed by atoms with Crippen molar-refractivity contribution in [3.8, 4) is 0 Å². The molecule has 1 aromatic heterocycles. The summed E-state index contributed by atoms with van der Waals surface area (Å²) >= 11 is 3.08. The minimum atomic E-state index is -3.38. The van der Waals surface area contributed by atoms with Crippen molar-refractivity contribution in [2.75, 3.05) is 6.26 Å². The summed E-state index contributed by atoms with van der Waals surface area (Å²) in [6.45, 7) is 0.387. The first-order valence-corrected chi connectivity index (χ1v) is 9.98. The van der Waals surface area contributed by atoms with Crippen LogP contribution in [-0.4, -0.2) is 26.0 Å². The van der Waals surface area contributed by atoms with E-state index in [4.69, 9.17) is 5.73 Å². The average Bonchev–Trinajstić information content (AvgIpc) is 2.88. The molecule has 1 fully saturated rings. The number of thioether (sulfide) groups is 1. The van der Waals surface area contributed by atoms with Gasteiger partial charge in [-0.15, -0.1) is 11.3 Å². The lowest BCUT2D eigenvalue weighted by Gasteiger charge is -2.28. The van der Waals surface area contributed by atoms with Crippen LogP contribution >= 0.6 is 23.1 Å². The molecule has 1 saturated carbocycles. The Bertz CT molecular complexity index is 513. The van der Waals surface area contributed by atoms with E-state index in [1.807, 2.05) is 11.8 Å². The van der Waals surface area contributed by atoms with E-state index in [0.29, 0.717) is 16.0 Å². The fraction of sp³-hybridized carbons (Fsp3) is 0.667. The van der Waals surface area contributed by atoms with Crippen LogP contribution in [0.2, 0.25) is 0 Å². The highest BCUT2D eigenvalue weighted by atomic mass is 32.2. The van der Waals surface area contributed by atoms with Gasteiger partial charge in [-0.2, -0.15) is 11.8 Å². The van der Waals surface area contributed by atoms with Gasteiger partial charge < -0.3 is 5.73 Å². The molecule has 3 N–H and O–H groups in total. The minimum absolute atomic E-state index is 0.0691. The van der Waals surface area contributed by atoms with Crippen LogP contribution in [0.1, 0.15) is 30.6 Å². The second-order valence-electron chi connectivity index (χ2n) is 4.77. The molecule has 2 unspecified atom stereocenters. The van der Waals surface area contributed by atoms with Crippen molar-refractivity contribution in [2.45, 2.75) is 47.7 Å². The molecular weight excluding hydrogens is 300 g/mol. The Labute approximate surface area is 123 Å². The largest absolute Gasteiger partial charge is 0.326 e. The zero-order chi connectivity index (χ0) is 13.9. The summed E-state index contributed by atoms with van der Waals surface area (Å²) in [5.74, 6) is 0. The quantitative estimate of drug-likeness (QED) is 0.872. The van der Waals surface area contributed by atoms with Gasteiger partial charge in [-0.3, -0.25) is 0 Å². The van der Waals surface area contributed by atoms with Gasteiger partial charge in [0.1, 0.15) is 4.21 Å². The lowest BCUT2D eigenvalue weighted by molar-refractivity contribution is 0.421. The summed E-state index contributed by atoms with van der Waals surface area (Å²) in [7, 11) is -3.38. The lowest BCUT2D eigenvalue weighted by atomic mass is 9.96. The molecule has 2 rings (SSSR count). The number of nitrogens with one attached hydrogen (secondary N) is 1. The molecule has 1 aliphatic carbocycles. The van der Waals surface area contributed by atoms with Crippen LogP contribution in [0.25, 0.3) is 0 Å². The van der Waals surface area contributed by atoms with E-state index in [9.17, 15) is 8.42 Å². The van der Waals surface area contributed by atoms with Crippen molar-refractivity contribution in [1.29, 1.82) is 0 Å². The maximum Gasteiger partial charge on any atom is 0.250 e. The van der Waals surface area contributed by atoms with Gasteiger partial charge in [-0.1, -0.05) is 6.42 Å². The normalized spacial score (nSPS) is 24.5. The zero-order valence-corrected chi connectivity index (χ0v) is 13.4. The van der Waals surface area contributed by atoms with Gasteiger partial charge in [0.25, 0.3) is 0 Å². The summed E-state index contributed by atoms with van der Waals surface area (Å²) in [6.07, 6.45) is 6.24. The van der Waals surface area contributed by atoms with E-state index in [-0.39, 0.29) is 6.04 Å². The predicted molar refractivity (Wildman–Crippen MR) is 82.1 cm³/mol. The first-order valence-electron chi connectivity index (χ1n) is 6.39. The molecule has 7 heteroatoms. The number of hydrogen-bond acceptors (Lipinski definition) is 5. The molecule has 0 amide bonds. The zero-order valence-electron chi connectivity index (χ0n) is 11.0. The molecule has 0 saturated heterocycles. The van der Waals surface area contributed by atoms with Crippen LogP contribution in [0.3, 0.4) is 0 Å². The van der Waals surface area contributed by atoms with Crippen LogP contribution in [0.15, 0.2) is 16.3 Å². The van der Waals surface area contributed by atoms with Crippen molar-refractivity contribution in [3.05, 3.63) is 17.0 Å². The van der Waals surface area contributed by atoms with Gasteiger partial charge in [0.2, 0.25) is 10.0 Å². The second-order valence-corrected chi connectivity index (χ2v) is 9.01. The molecule has 0 aliphatic heterocycles. The highest BCUT2D eigenvalue weighted by Gasteiger charge is 2.26. The lowest BCUT2D eigenvalue weighted by Crippen LogP contribution is -2.38. The van der Waals surface area contributed by atoms with Gasteiger partial charge in [0.05, 0.1) is 0 Å². The summed E-state index contributed by atoms with van der Waals surface area (Å²) < 4.78 is 27.8. The summed E-state index contributed by atoms with van der Waals surface area (Å²) in [5.41, 5.74) is 5.52. The van der Waals surface area contributed by atoms with E-state index in [2.05, 4.69) is 11.0 Å². The molecule has 19 heavy (non-hydrogen) atoms. The highest BCUT2D eigenvalue weighted by molar-refractivity contribution is 7.99. The third kappa shape index (κ3) is 3.95. The monoisotopic (exact) mass is 320 g/mol. The van der Waals surface area contributed by atoms with Crippen LogP contribution in [0.4, 0.5) is 0 Å². The standard InChI is InChI=1S/C12H20N2O2S3/c1-17-10-4-2-3-9(7-10)14-19(15,16)12-6-5-11(8-13)18-12/h5-6,9-10,14H,2-4,7-8,13H2,1H3. The van der Waals surface area contributed by atoms with Crippen molar-refractivity contribution in [1.82, 2.24) is 4.72 Å². The van der Waals surface area contributed by atoms with Crippen molar-refractivity contribution in [2.24, 2.45) is 5.73 Å². The van der Waals surface area contributed by atoms with Gasteiger partial charge >= 0.3 is 0 Å². The fourth-order valence-corrected chi connectivity index (χ4v) is 5.72. The van der Waals surface area contributed by atoms with Gasteiger partial charge in [-0.05, 0) is 37.7 Å². The number of sulfonamides is 1. The van der Waals surface area contributed by atoms with Crippen LogP contribution in [-0.2, 0) is 16.6 Å². The molecule has 0 aromatic carbocycles. The van der Waals surface area contributed by atoms with E-state index in [0.717, 1.165) is 24.1 Å². The Morgan fingerprint density at radius 1 is 1.47 bits per heavy atom. The summed E-state index contributed by atoms with van der Waals surface area (Å²) in [6, 6.07) is 3.49. The number of rotatable bonds is 5. The highest BCUT2D eigenvalue weighted by Crippen LogP contribution is 2.28. The molecule has 4 nitrogen and oxygen atoms in total. The second kappa shape index (κ2) is 6.58. The SMILES string of the molecule is CSC1CCCC(NS(=O)(=O)c2ccc(CN)s2)C1. The molecular formula is C12H20N2O2S3. The van der Waals surface area contributed by atoms with E-state index < -0.39 is 10.0 Å².